The molecule has 100 valence electrons. The number of hydrogen-bond acceptors (Lipinski definition) is 3. The van der Waals surface area contributed by atoms with E-state index in [0.29, 0.717) is 11.1 Å². The second-order valence-corrected chi connectivity index (χ2v) is 5.54. The Balaban J connectivity index is 1.99. The van der Waals surface area contributed by atoms with Gasteiger partial charge in [0.25, 0.3) is 11.8 Å². The Labute approximate surface area is 113 Å². The molecule has 2 amide bonds. The van der Waals surface area contributed by atoms with Gasteiger partial charge in [0.15, 0.2) is 0 Å². The number of benzene rings is 1. The van der Waals surface area contributed by atoms with E-state index in [9.17, 15) is 9.59 Å². The molecule has 0 N–H and O–H groups in total. The molecule has 1 aliphatic carbocycles. The predicted octanol–water partition coefficient (Wildman–Crippen LogP) is 2.29. The third kappa shape index (κ3) is 1.82. The standard InChI is InChI=1S/C15H18N2O2/c1-16(2)11-7-8-12-13(9-11)15(19)17(14(12)18)10-5-3-4-6-10/h7-10H,3-6H2,1-2H3. The number of nitrogens with zero attached hydrogens (tertiary/aromatic N) is 2. The van der Waals surface area contributed by atoms with Crippen LogP contribution in [0.5, 0.6) is 0 Å². The summed E-state index contributed by atoms with van der Waals surface area (Å²) in [5.74, 6) is -0.229. The molecule has 3 rings (SSSR count). The van der Waals surface area contributed by atoms with Gasteiger partial charge in [0.05, 0.1) is 11.1 Å². The number of fused-ring (bicyclic) bond motifs is 1. The summed E-state index contributed by atoms with van der Waals surface area (Å²) in [6.07, 6.45) is 4.13. The molecular weight excluding hydrogens is 240 g/mol. The lowest BCUT2D eigenvalue weighted by Gasteiger charge is -2.21. The number of imide groups is 1. The molecule has 0 aromatic heterocycles. The first-order valence-electron chi connectivity index (χ1n) is 6.79. The summed E-state index contributed by atoms with van der Waals surface area (Å²) in [5.41, 5.74) is 2.07. The molecule has 0 radical (unpaired) electrons. The highest BCUT2D eigenvalue weighted by Gasteiger charge is 2.40. The lowest BCUT2D eigenvalue weighted by Crippen LogP contribution is -2.38. The van der Waals surface area contributed by atoms with Crippen LogP contribution in [0.2, 0.25) is 0 Å². The molecule has 0 unspecified atom stereocenters. The number of rotatable bonds is 2. The Hall–Kier alpha value is -1.84. The minimum absolute atomic E-state index is 0.107. The molecule has 2 aliphatic rings. The summed E-state index contributed by atoms with van der Waals surface area (Å²) in [5, 5.41) is 0. The molecule has 1 aromatic rings. The quantitative estimate of drug-likeness (QED) is 0.764. The van der Waals surface area contributed by atoms with Crippen molar-refractivity contribution >= 4 is 17.5 Å². The van der Waals surface area contributed by atoms with Gasteiger partial charge in [0.1, 0.15) is 0 Å². The molecule has 0 spiro atoms. The third-order valence-electron chi connectivity index (χ3n) is 4.11. The normalized spacial score (nSPS) is 19.2. The van der Waals surface area contributed by atoms with E-state index in [0.717, 1.165) is 31.4 Å². The minimum atomic E-state index is -0.115. The van der Waals surface area contributed by atoms with E-state index in [1.54, 1.807) is 6.07 Å². The van der Waals surface area contributed by atoms with Crippen LogP contribution in [-0.2, 0) is 0 Å². The van der Waals surface area contributed by atoms with Crippen molar-refractivity contribution in [2.24, 2.45) is 0 Å². The number of anilines is 1. The fourth-order valence-corrected chi connectivity index (χ4v) is 3.02. The van der Waals surface area contributed by atoms with Gasteiger partial charge >= 0.3 is 0 Å². The largest absolute Gasteiger partial charge is 0.378 e. The van der Waals surface area contributed by atoms with E-state index in [-0.39, 0.29) is 17.9 Å². The van der Waals surface area contributed by atoms with Gasteiger partial charge in [-0.1, -0.05) is 12.8 Å². The highest BCUT2D eigenvalue weighted by molar-refractivity contribution is 6.22. The zero-order chi connectivity index (χ0) is 13.6. The summed E-state index contributed by atoms with van der Waals surface area (Å²) in [4.78, 5) is 28.2. The van der Waals surface area contributed by atoms with Crippen LogP contribution < -0.4 is 4.90 Å². The average molecular weight is 258 g/mol. The second-order valence-electron chi connectivity index (χ2n) is 5.54. The van der Waals surface area contributed by atoms with Crippen molar-refractivity contribution in [1.82, 2.24) is 4.90 Å². The van der Waals surface area contributed by atoms with Crippen LogP contribution in [0.25, 0.3) is 0 Å². The SMILES string of the molecule is CN(C)c1ccc2c(c1)C(=O)N(C1CCCC1)C2=O. The van der Waals surface area contributed by atoms with Crippen LogP contribution in [0.1, 0.15) is 46.4 Å². The Morgan fingerprint density at radius 2 is 1.68 bits per heavy atom. The van der Waals surface area contributed by atoms with E-state index in [1.807, 2.05) is 31.1 Å². The van der Waals surface area contributed by atoms with Gasteiger partial charge in [-0.3, -0.25) is 14.5 Å². The zero-order valence-electron chi connectivity index (χ0n) is 11.3. The van der Waals surface area contributed by atoms with Crippen molar-refractivity contribution in [2.75, 3.05) is 19.0 Å². The van der Waals surface area contributed by atoms with Gasteiger partial charge in [-0.05, 0) is 31.0 Å². The van der Waals surface area contributed by atoms with Gasteiger partial charge in [0, 0.05) is 25.8 Å². The van der Waals surface area contributed by atoms with Crippen LogP contribution in [0.3, 0.4) is 0 Å². The van der Waals surface area contributed by atoms with Gasteiger partial charge in [-0.25, -0.2) is 0 Å². The Kier molecular flexibility index (Phi) is 2.81. The van der Waals surface area contributed by atoms with E-state index in [2.05, 4.69) is 0 Å². The molecule has 19 heavy (non-hydrogen) atoms. The topological polar surface area (TPSA) is 40.6 Å². The summed E-state index contributed by atoms with van der Waals surface area (Å²) < 4.78 is 0. The van der Waals surface area contributed by atoms with Crippen molar-refractivity contribution in [3.8, 4) is 0 Å². The van der Waals surface area contributed by atoms with Gasteiger partial charge in [0.2, 0.25) is 0 Å². The molecule has 0 saturated heterocycles. The van der Waals surface area contributed by atoms with E-state index >= 15 is 0 Å². The van der Waals surface area contributed by atoms with Crippen LogP contribution in [0.4, 0.5) is 5.69 Å². The van der Waals surface area contributed by atoms with Crippen molar-refractivity contribution < 1.29 is 9.59 Å². The first kappa shape index (κ1) is 12.2. The molecule has 1 fully saturated rings. The highest BCUT2D eigenvalue weighted by atomic mass is 16.2. The number of hydrogen-bond donors (Lipinski definition) is 0. The molecule has 1 heterocycles. The smallest absolute Gasteiger partial charge is 0.261 e. The lowest BCUT2D eigenvalue weighted by atomic mass is 10.1. The monoisotopic (exact) mass is 258 g/mol. The molecule has 1 aromatic carbocycles. The van der Waals surface area contributed by atoms with Crippen molar-refractivity contribution in [3.63, 3.8) is 0 Å². The molecule has 0 bridgehead atoms. The van der Waals surface area contributed by atoms with E-state index < -0.39 is 0 Å². The lowest BCUT2D eigenvalue weighted by molar-refractivity contribution is 0.0588. The Morgan fingerprint density at radius 3 is 2.32 bits per heavy atom. The van der Waals surface area contributed by atoms with Crippen LogP contribution in [-0.4, -0.2) is 36.9 Å². The molecule has 4 nitrogen and oxygen atoms in total. The minimum Gasteiger partial charge on any atom is -0.378 e. The first-order valence-corrected chi connectivity index (χ1v) is 6.79. The molecule has 1 aliphatic heterocycles. The van der Waals surface area contributed by atoms with Crippen LogP contribution in [0.15, 0.2) is 18.2 Å². The second kappa shape index (κ2) is 4.37. The summed E-state index contributed by atoms with van der Waals surface area (Å²) in [6, 6.07) is 5.60. The van der Waals surface area contributed by atoms with Gasteiger partial charge < -0.3 is 4.90 Å². The van der Waals surface area contributed by atoms with Crippen LogP contribution in [0, 0.1) is 0 Å². The average Bonchev–Trinajstić information content (AvgIpc) is 2.98. The maximum Gasteiger partial charge on any atom is 0.261 e. The number of amides is 2. The van der Waals surface area contributed by atoms with Crippen LogP contribution >= 0.6 is 0 Å². The Morgan fingerprint density at radius 1 is 1.05 bits per heavy atom. The van der Waals surface area contributed by atoms with E-state index in [4.69, 9.17) is 0 Å². The maximum absolute atomic E-state index is 12.5. The van der Waals surface area contributed by atoms with E-state index in [1.165, 1.54) is 4.90 Å². The number of carbonyl (C=O) groups excluding carboxylic acids is 2. The van der Waals surface area contributed by atoms with Crippen molar-refractivity contribution in [2.45, 2.75) is 31.7 Å². The summed E-state index contributed by atoms with van der Waals surface area (Å²) >= 11 is 0. The van der Waals surface area contributed by atoms with Crippen molar-refractivity contribution in [3.05, 3.63) is 29.3 Å². The fraction of sp³-hybridized carbons (Fsp3) is 0.467. The maximum atomic E-state index is 12.5. The summed E-state index contributed by atoms with van der Waals surface area (Å²) in [6.45, 7) is 0. The predicted molar refractivity (Wildman–Crippen MR) is 73.5 cm³/mol. The molecule has 0 atom stereocenters. The van der Waals surface area contributed by atoms with Crippen molar-refractivity contribution in [1.29, 1.82) is 0 Å². The first-order chi connectivity index (χ1) is 9.09. The zero-order valence-corrected chi connectivity index (χ0v) is 11.3. The highest BCUT2D eigenvalue weighted by Crippen LogP contribution is 2.33. The fourth-order valence-electron chi connectivity index (χ4n) is 3.02. The third-order valence-corrected chi connectivity index (χ3v) is 4.11. The molecule has 4 heteroatoms. The van der Waals surface area contributed by atoms with Gasteiger partial charge in [-0.2, -0.15) is 0 Å². The Bertz CT molecular complexity index is 545. The van der Waals surface area contributed by atoms with Gasteiger partial charge in [-0.15, -0.1) is 0 Å². The molecule has 1 saturated carbocycles. The molecular formula is C15H18N2O2. The summed E-state index contributed by atoms with van der Waals surface area (Å²) in [7, 11) is 3.86. The number of carbonyl (C=O) groups is 2.